The van der Waals surface area contributed by atoms with Crippen LogP contribution in [0.15, 0.2) is 78.9 Å². The van der Waals surface area contributed by atoms with E-state index in [1.165, 1.54) is 19.3 Å². The van der Waals surface area contributed by atoms with E-state index >= 15 is 0 Å². The van der Waals surface area contributed by atoms with Gasteiger partial charge in [-0.05, 0) is 54.8 Å². The summed E-state index contributed by atoms with van der Waals surface area (Å²) in [6.45, 7) is 0.827. The van der Waals surface area contributed by atoms with Gasteiger partial charge in [-0.15, -0.1) is 0 Å². The number of halogens is 2. The molecule has 2 N–H and O–H groups in total. The van der Waals surface area contributed by atoms with Crippen molar-refractivity contribution in [3.05, 3.63) is 106 Å². The summed E-state index contributed by atoms with van der Waals surface area (Å²) in [7, 11) is 0. The maximum atomic E-state index is 13.5. The Balaban J connectivity index is 1.54. The third-order valence-electron chi connectivity index (χ3n) is 6.73. The number of para-hydroxylation sites is 1. The first-order valence-electron chi connectivity index (χ1n) is 12.9. The van der Waals surface area contributed by atoms with E-state index in [9.17, 15) is 4.79 Å². The van der Waals surface area contributed by atoms with Crippen LogP contribution in [0.2, 0.25) is 10.0 Å². The number of carbonyl (C=O) groups is 1. The number of hydrogen-bond donors (Lipinski definition) is 2. The highest BCUT2D eigenvalue weighted by molar-refractivity contribution is 6.32. The molecule has 0 saturated heterocycles. The lowest BCUT2D eigenvalue weighted by Crippen LogP contribution is -2.31. The number of carbonyl (C=O) groups excluding carboxylic acids is 1. The Labute approximate surface area is 232 Å². The Morgan fingerprint density at radius 3 is 2.34 bits per heavy atom. The van der Waals surface area contributed by atoms with Crippen molar-refractivity contribution >= 4 is 29.1 Å². The molecule has 0 bridgehead atoms. The third-order valence-corrected chi connectivity index (χ3v) is 7.30. The van der Waals surface area contributed by atoms with Gasteiger partial charge in [0.25, 0.3) is 5.91 Å². The lowest BCUT2D eigenvalue weighted by molar-refractivity contribution is 0.0944. The largest absolute Gasteiger partial charge is 0.439 e. The second-order valence-corrected chi connectivity index (χ2v) is 10.3. The second kappa shape index (κ2) is 12.5. The predicted octanol–water partition coefficient (Wildman–Crippen LogP) is 7.32. The van der Waals surface area contributed by atoms with E-state index in [1.54, 1.807) is 35.0 Å². The van der Waals surface area contributed by atoms with Gasteiger partial charge >= 0.3 is 0 Å². The van der Waals surface area contributed by atoms with E-state index in [1.807, 2.05) is 48.5 Å². The molecular weight excluding hydrogens is 519 g/mol. The fourth-order valence-corrected chi connectivity index (χ4v) is 5.04. The highest BCUT2D eigenvalue weighted by Crippen LogP contribution is 2.34. The van der Waals surface area contributed by atoms with Crippen molar-refractivity contribution in [1.29, 1.82) is 0 Å². The summed E-state index contributed by atoms with van der Waals surface area (Å²) in [4.78, 5) is 13.5. The van der Waals surface area contributed by atoms with E-state index < -0.39 is 0 Å². The van der Waals surface area contributed by atoms with Gasteiger partial charge in [-0.1, -0.05) is 84.9 Å². The minimum absolute atomic E-state index is 0.277. The van der Waals surface area contributed by atoms with Gasteiger partial charge in [0.05, 0.1) is 16.3 Å². The molecule has 0 radical (unpaired) electrons. The summed E-state index contributed by atoms with van der Waals surface area (Å²) in [5, 5.41) is 12.5. The van der Waals surface area contributed by atoms with Crippen molar-refractivity contribution in [3.63, 3.8) is 0 Å². The van der Waals surface area contributed by atoms with Gasteiger partial charge in [-0.3, -0.25) is 4.79 Å². The number of nitrogens with zero attached hydrogens (tertiary/aromatic N) is 2. The Bertz CT molecular complexity index is 1370. The SMILES string of the molecule is O=C(NCc1ccccc1)c1nn(-c2ccccc2Cl)c(Oc2ccc(Cl)cc2)c1CNC1CCCCC1. The van der Waals surface area contributed by atoms with Crippen LogP contribution < -0.4 is 15.4 Å². The van der Waals surface area contributed by atoms with Crippen molar-refractivity contribution in [2.45, 2.75) is 51.2 Å². The average Bonchev–Trinajstić information content (AvgIpc) is 3.31. The smallest absolute Gasteiger partial charge is 0.272 e. The quantitative estimate of drug-likeness (QED) is 0.230. The van der Waals surface area contributed by atoms with Gasteiger partial charge < -0.3 is 15.4 Å². The number of aromatic nitrogens is 2. The molecule has 1 aromatic heterocycles. The molecule has 5 rings (SSSR count). The Morgan fingerprint density at radius 2 is 1.61 bits per heavy atom. The van der Waals surface area contributed by atoms with Crippen LogP contribution in [0.4, 0.5) is 0 Å². The standard InChI is InChI=1S/C30H30Cl2N4O2/c31-22-15-17-24(18-16-22)38-30-25(20-33-23-11-5-2-6-12-23)28(29(37)34-19-21-9-3-1-4-10-21)35-36(30)27-14-8-7-13-26(27)32/h1,3-4,7-10,13-18,23,33H,2,5-6,11-12,19-20H2,(H,34,37). The zero-order chi connectivity index (χ0) is 26.3. The van der Waals surface area contributed by atoms with Gasteiger partial charge in [0.15, 0.2) is 5.69 Å². The highest BCUT2D eigenvalue weighted by atomic mass is 35.5. The van der Waals surface area contributed by atoms with Crippen LogP contribution in [0.1, 0.15) is 53.7 Å². The molecule has 0 aliphatic heterocycles. The molecule has 1 amide bonds. The minimum Gasteiger partial charge on any atom is -0.439 e. The van der Waals surface area contributed by atoms with Crippen LogP contribution in [0.5, 0.6) is 11.6 Å². The van der Waals surface area contributed by atoms with Gasteiger partial charge in [0, 0.05) is 24.2 Å². The maximum absolute atomic E-state index is 13.5. The molecule has 1 fully saturated rings. The molecule has 0 unspecified atom stereocenters. The van der Waals surface area contributed by atoms with Crippen LogP contribution in [0, 0.1) is 0 Å². The summed E-state index contributed by atoms with van der Waals surface area (Å²) in [5.74, 6) is 0.743. The van der Waals surface area contributed by atoms with Crippen molar-refractivity contribution < 1.29 is 9.53 Å². The van der Waals surface area contributed by atoms with Crippen molar-refractivity contribution in [3.8, 4) is 17.3 Å². The molecule has 196 valence electrons. The van der Waals surface area contributed by atoms with Crippen LogP contribution in [0.3, 0.4) is 0 Å². The molecule has 8 heteroatoms. The Hall–Kier alpha value is -3.32. The maximum Gasteiger partial charge on any atom is 0.272 e. The van der Waals surface area contributed by atoms with Crippen molar-refractivity contribution in [2.75, 3.05) is 0 Å². The van der Waals surface area contributed by atoms with Crippen molar-refractivity contribution in [2.24, 2.45) is 0 Å². The monoisotopic (exact) mass is 548 g/mol. The summed E-state index contributed by atoms with van der Waals surface area (Å²) < 4.78 is 8.02. The summed E-state index contributed by atoms with van der Waals surface area (Å²) in [6, 6.07) is 24.7. The van der Waals surface area contributed by atoms with Crippen molar-refractivity contribution in [1.82, 2.24) is 20.4 Å². The molecule has 1 aliphatic carbocycles. The first-order valence-corrected chi connectivity index (χ1v) is 13.7. The van der Waals surface area contributed by atoms with Crippen LogP contribution in [-0.2, 0) is 13.1 Å². The van der Waals surface area contributed by atoms with E-state index in [4.69, 9.17) is 33.0 Å². The first kappa shape index (κ1) is 26.3. The molecule has 0 spiro atoms. The number of ether oxygens (including phenoxy) is 1. The molecule has 3 aromatic carbocycles. The summed E-state index contributed by atoms with van der Waals surface area (Å²) >= 11 is 12.7. The molecule has 1 heterocycles. The van der Waals surface area contributed by atoms with E-state index in [0.717, 1.165) is 18.4 Å². The summed E-state index contributed by atoms with van der Waals surface area (Å²) in [5.41, 5.74) is 2.61. The molecule has 1 saturated carbocycles. The average molecular weight is 550 g/mol. The fraction of sp³-hybridized carbons (Fsp3) is 0.267. The molecule has 4 aromatic rings. The van der Waals surface area contributed by atoms with Gasteiger partial charge in [0.2, 0.25) is 5.88 Å². The summed E-state index contributed by atoms with van der Waals surface area (Å²) in [6.07, 6.45) is 5.90. The fourth-order valence-electron chi connectivity index (χ4n) is 4.70. The van der Waals surface area contributed by atoms with Crippen LogP contribution >= 0.6 is 23.2 Å². The van der Waals surface area contributed by atoms with Crippen LogP contribution in [0.25, 0.3) is 5.69 Å². The Morgan fingerprint density at radius 1 is 0.895 bits per heavy atom. The number of amides is 1. The van der Waals surface area contributed by atoms with Gasteiger partial charge in [0.1, 0.15) is 5.75 Å². The number of rotatable bonds is 9. The zero-order valence-electron chi connectivity index (χ0n) is 21.0. The molecule has 0 atom stereocenters. The molecule has 1 aliphatic rings. The highest BCUT2D eigenvalue weighted by Gasteiger charge is 2.27. The second-order valence-electron chi connectivity index (χ2n) is 9.44. The minimum atomic E-state index is -0.277. The van der Waals surface area contributed by atoms with E-state index in [0.29, 0.717) is 57.8 Å². The lowest BCUT2D eigenvalue weighted by atomic mass is 9.95. The number of benzene rings is 3. The lowest BCUT2D eigenvalue weighted by Gasteiger charge is -2.23. The molecular formula is C30H30Cl2N4O2. The Kier molecular flexibility index (Phi) is 8.64. The van der Waals surface area contributed by atoms with Gasteiger partial charge in [-0.2, -0.15) is 9.78 Å². The third kappa shape index (κ3) is 6.38. The first-order chi connectivity index (χ1) is 18.6. The van der Waals surface area contributed by atoms with Gasteiger partial charge in [-0.25, -0.2) is 0 Å². The number of nitrogens with one attached hydrogen (secondary N) is 2. The number of hydrogen-bond acceptors (Lipinski definition) is 4. The van der Waals surface area contributed by atoms with Crippen LogP contribution in [-0.4, -0.2) is 21.7 Å². The normalized spacial score (nSPS) is 13.8. The zero-order valence-corrected chi connectivity index (χ0v) is 22.5. The van der Waals surface area contributed by atoms with E-state index in [-0.39, 0.29) is 5.91 Å². The predicted molar refractivity (Wildman–Crippen MR) is 151 cm³/mol. The van der Waals surface area contributed by atoms with E-state index in [2.05, 4.69) is 10.6 Å². The topological polar surface area (TPSA) is 68.2 Å². The molecule has 6 nitrogen and oxygen atoms in total. The molecule has 38 heavy (non-hydrogen) atoms.